The highest BCUT2D eigenvalue weighted by Gasteiger charge is 2.02. The van der Waals surface area contributed by atoms with Crippen molar-refractivity contribution in [2.45, 2.75) is 27.2 Å². The van der Waals surface area contributed by atoms with Gasteiger partial charge in [-0.2, -0.15) is 0 Å². The molecule has 0 saturated heterocycles. The van der Waals surface area contributed by atoms with Crippen molar-refractivity contribution in [3.05, 3.63) is 66.3 Å². The van der Waals surface area contributed by atoms with Gasteiger partial charge in [0.1, 0.15) is 5.75 Å². The van der Waals surface area contributed by atoms with Gasteiger partial charge in [0.05, 0.1) is 0 Å². The molecule has 0 fully saturated rings. The van der Waals surface area contributed by atoms with Gasteiger partial charge in [0.15, 0.2) is 0 Å². The second kappa shape index (κ2) is 12.3. The first kappa shape index (κ1) is 19.1. The molecule has 102 valence electrons. The summed E-state index contributed by atoms with van der Waals surface area (Å²) in [5, 5.41) is 9.66. The van der Waals surface area contributed by atoms with Gasteiger partial charge in [0, 0.05) is 6.42 Å². The van der Waals surface area contributed by atoms with E-state index >= 15 is 0 Å². The SMILES string of the molecule is C#C.C=C/C=C(\C=C)Cc1cc(C)ccc1O.CC. The Morgan fingerprint density at radius 2 is 1.84 bits per heavy atom. The van der Waals surface area contributed by atoms with Crippen LogP contribution in [0.15, 0.2) is 55.2 Å². The second-order valence-corrected chi connectivity index (χ2v) is 3.49. The Kier molecular flexibility index (Phi) is 12.4. The number of hydrogen-bond donors (Lipinski definition) is 1. The van der Waals surface area contributed by atoms with E-state index in [0.29, 0.717) is 12.2 Å². The third kappa shape index (κ3) is 7.68. The number of benzene rings is 1. The zero-order chi connectivity index (χ0) is 15.3. The number of terminal acetylenes is 1. The predicted molar refractivity (Wildman–Crippen MR) is 86.3 cm³/mol. The standard InChI is InChI=1S/C14H16O.C2H6.C2H2/c1-4-6-12(5-2)10-13-9-11(3)7-8-14(13)15;2*1-2/h4-9,15H,1-2,10H2,3H3;1-2H3;1-2H/b12-6+;;. The van der Waals surface area contributed by atoms with E-state index in [-0.39, 0.29) is 0 Å². The van der Waals surface area contributed by atoms with Crippen molar-refractivity contribution in [2.75, 3.05) is 0 Å². The molecule has 0 aliphatic carbocycles. The molecule has 0 unspecified atom stereocenters. The van der Waals surface area contributed by atoms with Crippen LogP contribution < -0.4 is 0 Å². The molecule has 0 heterocycles. The highest BCUT2D eigenvalue weighted by atomic mass is 16.3. The highest BCUT2D eigenvalue weighted by Crippen LogP contribution is 2.21. The van der Waals surface area contributed by atoms with Crippen molar-refractivity contribution in [1.82, 2.24) is 0 Å². The van der Waals surface area contributed by atoms with Crippen LogP contribution in [-0.2, 0) is 6.42 Å². The molecule has 0 radical (unpaired) electrons. The summed E-state index contributed by atoms with van der Waals surface area (Å²) in [5.41, 5.74) is 3.11. The van der Waals surface area contributed by atoms with Gasteiger partial charge in [-0.3, -0.25) is 0 Å². The lowest BCUT2D eigenvalue weighted by Gasteiger charge is -2.06. The third-order valence-corrected chi connectivity index (χ3v) is 2.22. The van der Waals surface area contributed by atoms with Crippen LogP contribution >= 0.6 is 0 Å². The fourth-order valence-corrected chi connectivity index (χ4v) is 1.43. The summed E-state index contributed by atoms with van der Waals surface area (Å²) >= 11 is 0. The smallest absolute Gasteiger partial charge is 0.119 e. The molecule has 1 rings (SSSR count). The minimum atomic E-state index is 0.331. The fourth-order valence-electron chi connectivity index (χ4n) is 1.43. The number of phenolic OH excluding ortho intramolecular Hbond substituents is 1. The van der Waals surface area contributed by atoms with E-state index in [2.05, 4.69) is 26.0 Å². The summed E-state index contributed by atoms with van der Waals surface area (Å²) in [6.07, 6.45) is 14.1. The summed E-state index contributed by atoms with van der Waals surface area (Å²) in [6.45, 7) is 13.4. The molecule has 1 nitrogen and oxygen atoms in total. The van der Waals surface area contributed by atoms with Gasteiger partial charge in [0.25, 0.3) is 0 Å². The van der Waals surface area contributed by atoms with Gasteiger partial charge in [-0.15, -0.1) is 12.8 Å². The maximum absolute atomic E-state index is 9.66. The minimum absolute atomic E-state index is 0.331. The summed E-state index contributed by atoms with van der Waals surface area (Å²) in [7, 11) is 0. The molecule has 0 atom stereocenters. The lowest BCUT2D eigenvalue weighted by atomic mass is 10.0. The van der Waals surface area contributed by atoms with Gasteiger partial charge in [-0.1, -0.05) is 62.9 Å². The van der Waals surface area contributed by atoms with Crippen LogP contribution in [0.3, 0.4) is 0 Å². The van der Waals surface area contributed by atoms with E-state index in [4.69, 9.17) is 0 Å². The molecule has 1 aromatic rings. The summed E-state index contributed by atoms with van der Waals surface area (Å²) in [4.78, 5) is 0. The van der Waals surface area contributed by atoms with Gasteiger partial charge in [0.2, 0.25) is 0 Å². The van der Waals surface area contributed by atoms with Crippen LogP contribution in [0.2, 0.25) is 0 Å². The lowest BCUT2D eigenvalue weighted by molar-refractivity contribution is 0.469. The van der Waals surface area contributed by atoms with E-state index in [0.717, 1.165) is 16.7 Å². The highest BCUT2D eigenvalue weighted by molar-refractivity contribution is 5.40. The number of aromatic hydroxyl groups is 1. The zero-order valence-corrected chi connectivity index (χ0v) is 12.2. The molecule has 0 aliphatic heterocycles. The molecular weight excluding hydrogens is 232 g/mol. The fraction of sp³-hybridized carbons (Fsp3) is 0.222. The molecule has 0 bridgehead atoms. The molecule has 1 heteroatoms. The van der Waals surface area contributed by atoms with Crippen molar-refractivity contribution < 1.29 is 5.11 Å². The Bertz CT molecular complexity index is 436. The molecular formula is C18H24O. The first-order valence-electron chi connectivity index (χ1n) is 6.23. The maximum atomic E-state index is 9.66. The van der Waals surface area contributed by atoms with Crippen LogP contribution in [0, 0.1) is 19.8 Å². The number of rotatable bonds is 4. The van der Waals surface area contributed by atoms with E-state index in [1.165, 1.54) is 0 Å². The molecule has 0 aliphatic rings. The van der Waals surface area contributed by atoms with Crippen LogP contribution in [0.25, 0.3) is 0 Å². The van der Waals surface area contributed by atoms with E-state index in [1.54, 1.807) is 18.2 Å². The van der Waals surface area contributed by atoms with Gasteiger partial charge >= 0.3 is 0 Å². The molecule has 0 saturated carbocycles. The molecule has 0 aromatic heterocycles. The van der Waals surface area contributed by atoms with E-state index in [9.17, 15) is 5.11 Å². The molecule has 0 spiro atoms. The Morgan fingerprint density at radius 3 is 2.32 bits per heavy atom. The first-order chi connectivity index (χ1) is 9.17. The zero-order valence-electron chi connectivity index (χ0n) is 12.2. The maximum Gasteiger partial charge on any atom is 0.119 e. The van der Waals surface area contributed by atoms with Crippen LogP contribution in [0.1, 0.15) is 25.0 Å². The Hall–Kier alpha value is -2.20. The Balaban J connectivity index is 0. The first-order valence-corrected chi connectivity index (χ1v) is 6.23. The average molecular weight is 256 g/mol. The van der Waals surface area contributed by atoms with Crippen molar-refractivity contribution in [3.8, 4) is 18.6 Å². The van der Waals surface area contributed by atoms with Crippen molar-refractivity contribution in [1.29, 1.82) is 0 Å². The largest absolute Gasteiger partial charge is 0.508 e. The number of aryl methyl sites for hydroxylation is 1. The predicted octanol–water partition coefficient (Wildman–Crippen LogP) is 4.82. The average Bonchev–Trinajstić information content (AvgIpc) is 2.46. The summed E-state index contributed by atoms with van der Waals surface area (Å²) < 4.78 is 0. The van der Waals surface area contributed by atoms with Crippen LogP contribution in [-0.4, -0.2) is 5.11 Å². The summed E-state index contributed by atoms with van der Waals surface area (Å²) in [6, 6.07) is 5.60. The topological polar surface area (TPSA) is 20.2 Å². The quantitative estimate of drug-likeness (QED) is 0.605. The molecule has 1 N–H and O–H groups in total. The van der Waals surface area contributed by atoms with Crippen LogP contribution in [0.4, 0.5) is 0 Å². The molecule has 19 heavy (non-hydrogen) atoms. The molecule has 1 aromatic carbocycles. The Morgan fingerprint density at radius 1 is 1.26 bits per heavy atom. The van der Waals surface area contributed by atoms with Crippen molar-refractivity contribution in [2.24, 2.45) is 0 Å². The third-order valence-electron chi connectivity index (χ3n) is 2.22. The lowest BCUT2D eigenvalue weighted by Crippen LogP contribution is -1.89. The van der Waals surface area contributed by atoms with Gasteiger partial charge in [-0.05, 0) is 24.1 Å². The Labute approximate surface area is 118 Å². The van der Waals surface area contributed by atoms with Crippen molar-refractivity contribution in [3.63, 3.8) is 0 Å². The minimum Gasteiger partial charge on any atom is -0.508 e. The number of hydrogen-bond acceptors (Lipinski definition) is 1. The van der Waals surface area contributed by atoms with E-state index in [1.807, 2.05) is 39.0 Å². The van der Waals surface area contributed by atoms with Crippen molar-refractivity contribution >= 4 is 0 Å². The van der Waals surface area contributed by atoms with E-state index < -0.39 is 0 Å². The monoisotopic (exact) mass is 256 g/mol. The molecule has 0 amide bonds. The normalized spacial score (nSPS) is 9.21. The van der Waals surface area contributed by atoms with Gasteiger partial charge in [-0.25, -0.2) is 0 Å². The second-order valence-electron chi connectivity index (χ2n) is 3.49. The van der Waals surface area contributed by atoms with Crippen LogP contribution in [0.5, 0.6) is 5.75 Å². The number of phenols is 1. The summed E-state index contributed by atoms with van der Waals surface area (Å²) in [5.74, 6) is 0.331. The van der Waals surface area contributed by atoms with Gasteiger partial charge < -0.3 is 5.11 Å². The number of allylic oxidation sites excluding steroid dienone is 4.